The number of hydrogen-bond donors (Lipinski definition) is 0. The van der Waals surface area contributed by atoms with Crippen molar-refractivity contribution in [1.29, 1.82) is 10.5 Å². The van der Waals surface area contributed by atoms with Gasteiger partial charge in [-0.3, -0.25) is 0 Å². The molecule has 0 amide bonds. The topological polar surface area (TPSA) is 47.6 Å². The predicted octanol–water partition coefficient (Wildman–Crippen LogP) is 7.24. The van der Waals surface area contributed by atoms with Crippen molar-refractivity contribution in [2.45, 2.75) is 104 Å². The lowest BCUT2D eigenvalue weighted by atomic mass is 9.51. The molecule has 2 nitrogen and oxygen atoms in total. The van der Waals surface area contributed by atoms with Gasteiger partial charge >= 0.3 is 0 Å². The molecular formula is C26H36N2. The molecule has 3 fully saturated rings. The van der Waals surface area contributed by atoms with Gasteiger partial charge in [-0.2, -0.15) is 10.5 Å². The van der Waals surface area contributed by atoms with Gasteiger partial charge in [-0.05, 0) is 92.6 Å². The zero-order valence-corrected chi connectivity index (χ0v) is 17.9. The number of fused-ring (bicyclic) bond motifs is 3. The highest BCUT2D eigenvalue weighted by atomic mass is 14.5. The van der Waals surface area contributed by atoms with E-state index >= 15 is 0 Å². The quantitative estimate of drug-likeness (QED) is 0.426. The van der Waals surface area contributed by atoms with Crippen molar-refractivity contribution in [2.75, 3.05) is 0 Å². The molecule has 0 atom stereocenters. The third kappa shape index (κ3) is 4.27. The Morgan fingerprint density at radius 3 is 1.68 bits per heavy atom. The van der Waals surface area contributed by atoms with Gasteiger partial charge in [0.2, 0.25) is 0 Å². The van der Waals surface area contributed by atoms with Crippen molar-refractivity contribution >= 4 is 0 Å². The average molecular weight is 377 g/mol. The van der Waals surface area contributed by atoms with Crippen LogP contribution in [0, 0.1) is 33.5 Å². The molecule has 0 radical (unpaired) electrons. The molecule has 28 heavy (non-hydrogen) atoms. The van der Waals surface area contributed by atoms with E-state index in [-0.39, 0.29) is 0 Å². The summed E-state index contributed by atoms with van der Waals surface area (Å²) < 4.78 is 0. The Bertz CT molecular complexity index is 737. The summed E-state index contributed by atoms with van der Waals surface area (Å²) in [4.78, 5) is 0. The lowest BCUT2D eigenvalue weighted by Gasteiger charge is -2.54. The normalized spacial score (nSPS) is 26.0. The Balaban J connectivity index is 1.70. The SMILES string of the molecule is CCCCCc1ccc(CCC23CCC(CCC)(CC2)CC3)c(C#N)c1C#N. The van der Waals surface area contributed by atoms with Gasteiger partial charge in [0.15, 0.2) is 0 Å². The highest BCUT2D eigenvalue weighted by molar-refractivity contribution is 5.54. The van der Waals surface area contributed by atoms with Crippen LogP contribution >= 0.6 is 0 Å². The molecule has 150 valence electrons. The van der Waals surface area contributed by atoms with Crippen molar-refractivity contribution in [3.05, 3.63) is 34.4 Å². The maximum Gasteiger partial charge on any atom is 0.101 e. The number of nitrogens with zero attached hydrogens (tertiary/aromatic N) is 2. The third-order valence-corrected chi connectivity index (χ3v) is 7.91. The van der Waals surface area contributed by atoms with Gasteiger partial charge in [0.25, 0.3) is 0 Å². The first-order chi connectivity index (χ1) is 13.6. The Morgan fingerprint density at radius 1 is 0.714 bits per heavy atom. The van der Waals surface area contributed by atoms with Crippen molar-refractivity contribution in [3.63, 3.8) is 0 Å². The molecule has 0 saturated heterocycles. The summed E-state index contributed by atoms with van der Waals surface area (Å²) in [7, 11) is 0. The number of unbranched alkanes of at least 4 members (excludes halogenated alkanes) is 2. The lowest BCUT2D eigenvalue weighted by molar-refractivity contribution is -0.0195. The van der Waals surface area contributed by atoms with Crippen LogP contribution in [0.5, 0.6) is 0 Å². The van der Waals surface area contributed by atoms with Crippen LogP contribution in [-0.2, 0) is 12.8 Å². The minimum atomic E-state index is 0.495. The van der Waals surface area contributed by atoms with Gasteiger partial charge in [-0.15, -0.1) is 0 Å². The van der Waals surface area contributed by atoms with Crippen molar-refractivity contribution in [2.24, 2.45) is 10.8 Å². The molecule has 2 heteroatoms. The van der Waals surface area contributed by atoms with Crippen molar-refractivity contribution in [3.8, 4) is 12.1 Å². The van der Waals surface area contributed by atoms with Gasteiger partial charge in [0.05, 0.1) is 11.1 Å². The molecule has 0 aromatic heterocycles. The molecule has 1 aromatic rings. The van der Waals surface area contributed by atoms with Gasteiger partial charge in [0, 0.05) is 0 Å². The first-order valence-corrected chi connectivity index (χ1v) is 11.6. The molecule has 2 bridgehead atoms. The summed E-state index contributed by atoms with van der Waals surface area (Å²) in [6.45, 7) is 4.52. The third-order valence-electron chi connectivity index (χ3n) is 7.91. The molecule has 0 aliphatic heterocycles. The van der Waals surface area contributed by atoms with E-state index in [1.165, 1.54) is 70.6 Å². The van der Waals surface area contributed by atoms with Crippen LogP contribution in [0.25, 0.3) is 0 Å². The molecule has 0 heterocycles. The maximum absolute atomic E-state index is 9.78. The van der Waals surface area contributed by atoms with Crippen LogP contribution in [0.15, 0.2) is 12.1 Å². The Labute approximate surface area is 172 Å². The summed E-state index contributed by atoms with van der Waals surface area (Å²) in [5, 5.41) is 19.5. The van der Waals surface area contributed by atoms with E-state index in [9.17, 15) is 10.5 Å². The fourth-order valence-electron chi connectivity index (χ4n) is 5.95. The monoisotopic (exact) mass is 376 g/mol. The van der Waals surface area contributed by atoms with E-state index in [0.29, 0.717) is 22.0 Å². The number of nitriles is 2. The number of aryl methyl sites for hydroxylation is 2. The highest BCUT2D eigenvalue weighted by Crippen LogP contribution is 2.60. The van der Waals surface area contributed by atoms with Crippen molar-refractivity contribution < 1.29 is 0 Å². The Morgan fingerprint density at radius 2 is 1.21 bits per heavy atom. The second-order valence-corrected chi connectivity index (χ2v) is 9.56. The van der Waals surface area contributed by atoms with E-state index in [1.54, 1.807) is 0 Å². The molecule has 3 aliphatic carbocycles. The van der Waals surface area contributed by atoms with Gasteiger partial charge in [0.1, 0.15) is 12.1 Å². The standard InChI is InChI=1S/C26H36N2/c1-3-5-6-7-21-8-9-22(24(20-28)23(21)19-27)10-12-26-16-13-25(11-4-2,14-17-26)15-18-26/h8-9H,3-7,10-18H2,1-2H3. The molecule has 0 N–H and O–H groups in total. The van der Waals surface area contributed by atoms with Crippen LogP contribution in [0.4, 0.5) is 0 Å². The summed E-state index contributed by atoms with van der Waals surface area (Å²) in [6.07, 6.45) is 17.6. The predicted molar refractivity (Wildman–Crippen MR) is 115 cm³/mol. The molecule has 1 aromatic carbocycles. The summed E-state index contributed by atoms with van der Waals surface area (Å²) in [6, 6.07) is 8.99. The zero-order chi connectivity index (χ0) is 20.0. The second-order valence-electron chi connectivity index (χ2n) is 9.56. The van der Waals surface area contributed by atoms with E-state index in [0.717, 1.165) is 30.4 Å². The summed E-state index contributed by atoms with van der Waals surface area (Å²) >= 11 is 0. The van der Waals surface area contributed by atoms with Gasteiger partial charge in [-0.1, -0.05) is 45.2 Å². The zero-order valence-electron chi connectivity index (χ0n) is 17.9. The second kappa shape index (κ2) is 9.13. The lowest BCUT2D eigenvalue weighted by Crippen LogP contribution is -2.41. The first kappa shape index (κ1) is 20.9. The van der Waals surface area contributed by atoms with E-state index in [1.807, 2.05) is 0 Å². The number of rotatable bonds is 9. The summed E-state index contributed by atoms with van der Waals surface area (Å²) in [5.41, 5.74) is 4.61. The number of benzene rings is 1. The van der Waals surface area contributed by atoms with Crippen LogP contribution in [0.2, 0.25) is 0 Å². The minimum Gasteiger partial charge on any atom is -0.192 e. The van der Waals surface area contributed by atoms with Crippen LogP contribution in [-0.4, -0.2) is 0 Å². The average Bonchev–Trinajstić information content (AvgIpc) is 2.74. The molecule has 3 saturated carbocycles. The molecule has 3 aliphatic rings. The fraction of sp³-hybridized carbons (Fsp3) is 0.692. The molecule has 0 unspecified atom stereocenters. The summed E-state index contributed by atoms with van der Waals surface area (Å²) in [5.74, 6) is 0. The van der Waals surface area contributed by atoms with E-state index in [4.69, 9.17) is 0 Å². The Hall–Kier alpha value is -1.80. The first-order valence-electron chi connectivity index (χ1n) is 11.6. The van der Waals surface area contributed by atoms with Gasteiger partial charge in [-0.25, -0.2) is 0 Å². The molecule has 4 rings (SSSR count). The van der Waals surface area contributed by atoms with E-state index < -0.39 is 0 Å². The fourth-order valence-corrected chi connectivity index (χ4v) is 5.95. The minimum absolute atomic E-state index is 0.495. The highest BCUT2D eigenvalue weighted by Gasteiger charge is 2.47. The van der Waals surface area contributed by atoms with Crippen LogP contribution in [0.1, 0.15) is 113 Å². The number of hydrogen-bond acceptors (Lipinski definition) is 2. The smallest absolute Gasteiger partial charge is 0.101 e. The largest absolute Gasteiger partial charge is 0.192 e. The van der Waals surface area contributed by atoms with Crippen molar-refractivity contribution in [1.82, 2.24) is 0 Å². The maximum atomic E-state index is 9.78. The van der Waals surface area contributed by atoms with Crippen LogP contribution < -0.4 is 0 Å². The molecular weight excluding hydrogens is 340 g/mol. The van der Waals surface area contributed by atoms with Gasteiger partial charge < -0.3 is 0 Å². The van der Waals surface area contributed by atoms with E-state index in [2.05, 4.69) is 38.1 Å². The van der Waals surface area contributed by atoms with Crippen LogP contribution in [0.3, 0.4) is 0 Å². The Kier molecular flexibility index (Phi) is 6.82. The molecule has 0 spiro atoms.